The van der Waals surface area contributed by atoms with E-state index in [4.69, 9.17) is 8.85 Å². The van der Waals surface area contributed by atoms with E-state index in [0.29, 0.717) is 0 Å². The first kappa shape index (κ1) is 10.2. The molecule has 0 aliphatic carbocycles. The van der Waals surface area contributed by atoms with Crippen LogP contribution >= 0.6 is 0 Å². The first-order valence-electron chi connectivity index (χ1n) is 4.89. The maximum absolute atomic E-state index is 5.65. The Morgan fingerprint density at radius 2 is 1.92 bits per heavy atom. The van der Waals surface area contributed by atoms with Crippen LogP contribution < -0.4 is 0 Å². The fraction of sp³-hybridized carbons (Fsp3) is 1.00. The smallest absolute Gasteiger partial charge is 0.340 e. The summed E-state index contributed by atoms with van der Waals surface area (Å²) in [5, 5.41) is 0. The minimum atomic E-state index is -1.76. The molecule has 0 bridgehead atoms. The molecule has 0 saturated carbocycles. The van der Waals surface area contributed by atoms with Crippen LogP contribution in [0.5, 0.6) is 0 Å². The lowest BCUT2D eigenvalue weighted by atomic mass is 10.1. The highest BCUT2D eigenvalue weighted by Gasteiger charge is 2.44. The van der Waals surface area contributed by atoms with Crippen LogP contribution in [0.1, 0.15) is 32.6 Å². The van der Waals surface area contributed by atoms with Gasteiger partial charge in [-0.1, -0.05) is 26.2 Å². The summed E-state index contributed by atoms with van der Waals surface area (Å²) >= 11 is 0. The minimum absolute atomic E-state index is 0.723. The molecule has 1 atom stereocenters. The molecule has 1 fully saturated rings. The molecule has 0 amide bonds. The van der Waals surface area contributed by atoms with E-state index >= 15 is 0 Å². The highest BCUT2D eigenvalue weighted by atomic mass is 28.4. The third-order valence-electron chi connectivity index (χ3n) is 3.13. The largest absolute Gasteiger partial charge is 0.397 e. The molecule has 0 aromatic heterocycles. The molecule has 2 nitrogen and oxygen atoms in total. The Morgan fingerprint density at radius 1 is 1.25 bits per heavy atom. The van der Waals surface area contributed by atoms with E-state index in [1.807, 2.05) is 14.2 Å². The van der Waals surface area contributed by atoms with Crippen molar-refractivity contribution in [3.05, 3.63) is 0 Å². The van der Waals surface area contributed by atoms with E-state index in [0.717, 1.165) is 5.54 Å². The normalized spacial score (nSPS) is 28.8. The zero-order valence-electron chi connectivity index (χ0n) is 8.43. The Balaban J connectivity index is 2.66. The van der Waals surface area contributed by atoms with E-state index in [1.54, 1.807) is 0 Å². The van der Waals surface area contributed by atoms with E-state index < -0.39 is 8.56 Å². The van der Waals surface area contributed by atoms with Crippen molar-refractivity contribution in [2.75, 3.05) is 14.2 Å². The van der Waals surface area contributed by atoms with Crippen LogP contribution in [0.25, 0.3) is 0 Å². The highest BCUT2D eigenvalue weighted by molar-refractivity contribution is 6.69. The Hall–Kier alpha value is 0.137. The molecule has 12 heavy (non-hydrogen) atoms. The molecule has 1 saturated heterocycles. The van der Waals surface area contributed by atoms with Crippen LogP contribution in [0.15, 0.2) is 0 Å². The number of hydrogen-bond acceptors (Lipinski definition) is 2. The molecule has 0 spiro atoms. The van der Waals surface area contributed by atoms with Gasteiger partial charge in [0, 0.05) is 19.8 Å². The average Bonchev–Trinajstić information content (AvgIpc) is 2.17. The molecule has 0 N–H and O–H groups in total. The molecule has 0 aromatic rings. The van der Waals surface area contributed by atoms with Gasteiger partial charge in [-0.05, 0) is 12.5 Å². The second-order valence-corrected chi connectivity index (χ2v) is 7.33. The molecule has 72 valence electrons. The van der Waals surface area contributed by atoms with Gasteiger partial charge in [-0.25, -0.2) is 0 Å². The van der Waals surface area contributed by atoms with Crippen molar-refractivity contribution >= 4 is 8.56 Å². The molecule has 1 aliphatic heterocycles. The van der Waals surface area contributed by atoms with E-state index in [2.05, 4.69) is 6.92 Å². The SMILES string of the molecule is CCC1CCCC[Si]1(OC)OC. The van der Waals surface area contributed by atoms with Gasteiger partial charge >= 0.3 is 8.56 Å². The average molecular weight is 188 g/mol. The molecular weight excluding hydrogens is 168 g/mol. The molecule has 0 aromatic carbocycles. The van der Waals surface area contributed by atoms with Gasteiger partial charge in [-0.3, -0.25) is 0 Å². The lowest BCUT2D eigenvalue weighted by molar-refractivity contribution is 0.213. The molecule has 3 heteroatoms. The van der Waals surface area contributed by atoms with Gasteiger partial charge in [0.2, 0.25) is 0 Å². The molecule has 1 aliphatic rings. The maximum Gasteiger partial charge on any atom is 0.340 e. The van der Waals surface area contributed by atoms with Crippen molar-refractivity contribution < 1.29 is 8.85 Å². The van der Waals surface area contributed by atoms with Crippen molar-refractivity contribution in [2.24, 2.45) is 0 Å². The first-order valence-corrected chi connectivity index (χ1v) is 6.99. The van der Waals surface area contributed by atoms with Crippen LogP contribution in [0.2, 0.25) is 11.6 Å². The standard InChI is InChI=1S/C9H20O2Si/c1-4-9-7-5-6-8-12(9,10-2)11-3/h9H,4-8H2,1-3H3. The first-order chi connectivity index (χ1) is 5.79. The van der Waals surface area contributed by atoms with Crippen LogP contribution in [0.3, 0.4) is 0 Å². The van der Waals surface area contributed by atoms with Gasteiger partial charge < -0.3 is 8.85 Å². The Labute approximate surface area is 76.5 Å². The lowest BCUT2D eigenvalue weighted by Gasteiger charge is -2.38. The fourth-order valence-corrected chi connectivity index (χ4v) is 5.98. The van der Waals surface area contributed by atoms with Crippen LogP contribution in [-0.4, -0.2) is 22.8 Å². The van der Waals surface area contributed by atoms with Crippen molar-refractivity contribution in [3.8, 4) is 0 Å². The second kappa shape index (κ2) is 4.39. The summed E-state index contributed by atoms with van der Waals surface area (Å²) in [5.74, 6) is 0. The Morgan fingerprint density at radius 3 is 2.33 bits per heavy atom. The lowest BCUT2D eigenvalue weighted by Crippen LogP contribution is -2.46. The molecule has 1 rings (SSSR count). The van der Waals surface area contributed by atoms with Crippen molar-refractivity contribution in [3.63, 3.8) is 0 Å². The van der Waals surface area contributed by atoms with Gasteiger partial charge in [0.05, 0.1) is 0 Å². The van der Waals surface area contributed by atoms with Gasteiger partial charge in [0.1, 0.15) is 0 Å². The zero-order valence-corrected chi connectivity index (χ0v) is 9.43. The monoisotopic (exact) mass is 188 g/mol. The summed E-state index contributed by atoms with van der Waals surface area (Å²) in [5.41, 5.74) is 0.723. The number of hydrogen-bond donors (Lipinski definition) is 0. The highest BCUT2D eigenvalue weighted by Crippen LogP contribution is 2.40. The van der Waals surface area contributed by atoms with Crippen LogP contribution in [0.4, 0.5) is 0 Å². The van der Waals surface area contributed by atoms with Crippen molar-refractivity contribution in [1.82, 2.24) is 0 Å². The zero-order chi connectivity index (χ0) is 9.03. The molecule has 0 radical (unpaired) electrons. The third-order valence-corrected chi connectivity index (χ3v) is 7.51. The van der Waals surface area contributed by atoms with E-state index in [1.165, 1.54) is 31.7 Å². The molecule has 1 unspecified atom stereocenters. The van der Waals surface area contributed by atoms with E-state index in [9.17, 15) is 0 Å². The number of rotatable bonds is 3. The fourth-order valence-electron chi connectivity index (χ4n) is 2.32. The summed E-state index contributed by atoms with van der Waals surface area (Å²) < 4.78 is 11.3. The summed E-state index contributed by atoms with van der Waals surface area (Å²) in [6, 6.07) is 1.19. The summed E-state index contributed by atoms with van der Waals surface area (Å²) in [4.78, 5) is 0. The quantitative estimate of drug-likeness (QED) is 0.634. The van der Waals surface area contributed by atoms with Gasteiger partial charge in [0.25, 0.3) is 0 Å². The summed E-state index contributed by atoms with van der Waals surface area (Å²) in [7, 11) is 1.89. The summed E-state index contributed by atoms with van der Waals surface area (Å²) in [6.45, 7) is 2.25. The van der Waals surface area contributed by atoms with Gasteiger partial charge in [0.15, 0.2) is 0 Å². The summed E-state index contributed by atoms with van der Waals surface area (Å²) in [6.07, 6.45) is 5.18. The van der Waals surface area contributed by atoms with Gasteiger partial charge in [-0.2, -0.15) is 0 Å². The second-order valence-electron chi connectivity index (χ2n) is 3.57. The Kier molecular flexibility index (Phi) is 3.74. The maximum atomic E-state index is 5.65. The predicted molar refractivity (Wildman–Crippen MR) is 52.5 cm³/mol. The molecular formula is C9H20O2Si. The van der Waals surface area contributed by atoms with Crippen LogP contribution in [-0.2, 0) is 8.85 Å². The van der Waals surface area contributed by atoms with Crippen molar-refractivity contribution in [1.29, 1.82) is 0 Å². The van der Waals surface area contributed by atoms with Crippen LogP contribution in [0, 0.1) is 0 Å². The molecule has 1 heterocycles. The Bertz CT molecular complexity index is 134. The minimum Gasteiger partial charge on any atom is -0.397 e. The van der Waals surface area contributed by atoms with Crippen molar-refractivity contribution in [2.45, 2.75) is 44.2 Å². The topological polar surface area (TPSA) is 18.5 Å². The third kappa shape index (κ3) is 1.73. The van der Waals surface area contributed by atoms with E-state index in [-0.39, 0.29) is 0 Å². The predicted octanol–water partition coefficient (Wildman–Crippen LogP) is 2.69. The van der Waals surface area contributed by atoms with Gasteiger partial charge in [-0.15, -0.1) is 0 Å².